The molecule has 0 aliphatic heterocycles. The molecule has 14 heteroatoms. The van der Waals surface area contributed by atoms with Crippen molar-refractivity contribution in [1.29, 1.82) is 0 Å². The molecule has 2 aromatic carbocycles. The second-order valence-electron chi connectivity index (χ2n) is 12.1. The summed E-state index contributed by atoms with van der Waals surface area (Å²) in [5.41, 5.74) is 0. The minimum atomic E-state index is -3.38. The van der Waals surface area contributed by atoms with Gasteiger partial charge in [0.15, 0.2) is 19.7 Å². The monoisotopic (exact) mass is 762 g/mol. The zero-order chi connectivity index (χ0) is 38.2. The van der Waals surface area contributed by atoms with Gasteiger partial charge in [0.25, 0.3) is 6.47 Å². The van der Waals surface area contributed by atoms with E-state index in [4.69, 9.17) is 14.2 Å². The average Bonchev–Trinajstić information content (AvgIpc) is 3.15. The molecule has 1 fully saturated rings. The summed E-state index contributed by atoms with van der Waals surface area (Å²) in [5, 5.41) is 0. The number of carbonyl (C=O) groups is 4. The van der Waals surface area contributed by atoms with Crippen LogP contribution in [-0.2, 0) is 48.3 Å². The van der Waals surface area contributed by atoms with Crippen LogP contribution in [0.3, 0.4) is 0 Å². The molecule has 0 radical (unpaired) electrons. The number of hydrogen-bond donors (Lipinski definition) is 0. The van der Waals surface area contributed by atoms with Gasteiger partial charge in [0, 0.05) is 12.2 Å². The van der Waals surface area contributed by atoms with Gasteiger partial charge in [0.1, 0.15) is 11.5 Å². The van der Waals surface area contributed by atoms with Gasteiger partial charge in [-0.05, 0) is 87.1 Å². The van der Waals surface area contributed by atoms with Crippen LogP contribution < -0.4 is 9.47 Å². The highest BCUT2D eigenvalue weighted by atomic mass is 32.2. The van der Waals surface area contributed by atoms with Crippen LogP contribution in [0.4, 0.5) is 0 Å². The van der Waals surface area contributed by atoms with Crippen LogP contribution in [0.15, 0.2) is 83.6 Å². The molecule has 0 spiro atoms. The summed E-state index contributed by atoms with van der Waals surface area (Å²) in [7, 11) is -6.72. The normalized spacial score (nSPS) is 13.1. The van der Waals surface area contributed by atoms with Crippen molar-refractivity contribution in [1.82, 2.24) is 0 Å². The summed E-state index contributed by atoms with van der Waals surface area (Å²) in [4.78, 5) is 44.5. The largest absolute Gasteiger partial charge is 0.463 e. The van der Waals surface area contributed by atoms with Crippen LogP contribution >= 0.6 is 0 Å². The molecule has 0 saturated heterocycles. The van der Waals surface area contributed by atoms with Gasteiger partial charge in [0.2, 0.25) is 0 Å². The van der Waals surface area contributed by atoms with Gasteiger partial charge in [0.05, 0.1) is 40.4 Å². The van der Waals surface area contributed by atoms with E-state index < -0.39 is 31.6 Å². The van der Waals surface area contributed by atoms with Gasteiger partial charge in [-0.3, -0.25) is 9.59 Å². The Morgan fingerprint density at radius 3 is 1.46 bits per heavy atom. The van der Waals surface area contributed by atoms with Crippen molar-refractivity contribution in [3.8, 4) is 11.5 Å². The van der Waals surface area contributed by atoms with E-state index in [1.807, 2.05) is 0 Å². The topological polar surface area (TPSA) is 173 Å². The maximum absolute atomic E-state index is 12.4. The third-order valence-electron chi connectivity index (χ3n) is 8.14. The molecule has 0 bridgehead atoms. The Hall–Kier alpha value is -4.30. The van der Waals surface area contributed by atoms with Crippen molar-refractivity contribution in [3.05, 3.63) is 73.8 Å². The molecular weight excluding hydrogens is 713 g/mol. The van der Waals surface area contributed by atoms with Crippen molar-refractivity contribution in [3.63, 3.8) is 0 Å². The smallest absolute Gasteiger partial charge is 0.330 e. The Balaban J connectivity index is 0.000000371. The minimum absolute atomic E-state index is 0.0487. The second-order valence-corrected chi connectivity index (χ2v) is 16.3. The molecule has 1 saturated carbocycles. The van der Waals surface area contributed by atoms with Gasteiger partial charge in [-0.25, -0.2) is 26.4 Å². The average molecular weight is 763 g/mol. The van der Waals surface area contributed by atoms with E-state index >= 15 is 0 Å². The van der Waals surface area contributed by atoms with E-state index in [2.05, 4.69) is 17.9 Å². The lowest BCUT2D eigenvalue weighted by molar-refractivity contribution is -0.140. The van der Waals surface area contributed by atoms with Gasteiger partial charge < -0.3 is 18.9 Å². The molecule has 3 rings (SSSR count). The molecule has 0 unspecified atom stereocenters. The molecule has 1 aliphatic rings. The van der Waals surface area contributed by atoms with E-state index in [-0.39, 0.29) is 39.7 Å². The Morgan fingerprint density at radius 1 is 0.615 bits per heavy atom. The quantitative estimate of drug-likeness (QED) is 0.0418. The first-order chi connectivity index (χ1) is 24.9. The summed E-state index contributed by atoms with van der Waals surface area (Å²) >= 11 is 0. The fraction of sp³-hybridized carbons (Fsp3) is 0.474. The number of rotatable bonds is 22. The zero-order valence-corrected chi connectivity index (χ0v) is 31.2. The van der Waals surface area contributed by atoms with Crippen LogP contribution in [0.2, 0.25) is 0 Å². The molecular formula is C38H50O12S2. The van der Waals surface area contributed by atoms with Crippen molar-refractivity contribution >= 4 is 44.1 Å². The molecule has 286 valence electrons. The summed E-state index contributed by atoms with van der Waals surface area (Å²) in [5.74, 6) is -0.378. The molecule has 0 heterocycles. The van der Waals surface area contributed by atoms with Crippen molar-refractivity contribution in [2.45, 2.75) is 93.3 Å². The Bertz CT molecular complexity index is 1640. The lowest BCUT2D eigenvalue weighted by atomic mass is 9.89. The van der Waals surface area contributed by atoms with Crippen LogP contribution in [0.1, 0.15) is 83.5 Å². The van der Waals surface area contributed by atoms with E-state index in [0.29, 0.717) is 50.4 Å². The summed E-state index contributed by atoms with van der Waals surface area (Å²) < 4.78 is 68.9. The maximum atomic E-state index is 12.4. The van der Waals surface area contributed by atoms with Crippen LogP contribution in [0.25, 0.3) is 0 Å². The van der Waals surface area contributed by atoms with Gasteiger partial charge in [-0.15, -0.1) is 0 Å². The van der Waals surface area contributed by atoms with Gasteiger partial charge in [-0.2, -0.15) is 0 Å². The van der Waals surface area contributed by atoms with Crippen LogP contribution in [0.5, 0.6) is 11.5 Å². The number of carbonyl (C=O) groups excluding carboxylic acids is 4. The Kier molecular flexibility index (Phi) is 20.3. The number of esters is 3. The number of sulfone groups is 2. The van der Waals surface area contributed by atoms with Crippen molar-refractivity contribution < 1.29 is 55.0 Å². The molecule has 0 amide bonds. The molecule has 0 aromatic heterocycles. The molecule has 12 nitrogen and oxygen atoms in total. The number of unbranched alkanes of at least 4 members (excludes halogenated alkanes) is 6. The summed E-state index contributed by atoms with van der Waals surface area (Å²) in [6.45, 7) is 7.53. The standard InChI is InChI=1S/C22H30O6S.C16H20O6S/c1-2-21(23)27-16-8-3-4-9-17-29(25,26)20-14-12-19(13-15-20)28-22(24)18-10-6-5-7-11-18;1-2-16(18)21-11-5-3-4-6-12-23(19,20)15-9-7-14(8-10-15)22-13-17/h2,12-15,18H,1,3-11,16-17H2;2,7-10,13H,1,3-6,11-12H2. The number of ether oxygens (including phenoxy) is 4. The van der Waals surface area contributed by atoms with Crippen LogP contribution in [-0.4, -0.2) is 65.9 Å². The summed E-state index contributed by atoms with van der Waals surface area (Å²) in [6, 6.07) is 11.8. The lowest BCUT2D eigenvalue weighted by Crippen LogP contribution is -2.22. The van der Waals surface area contributed by atoms with E-state index in [1.54, 1.807) is 12.1 Å². The van der Waals surface area contributed by atoms with E-state index in [9.17, 15) is 36.0 Å². The highest BCUT2D eigenvalue weighted by Gasteiger charge is 2.23. The highest BCUT2D eigenvalue weighted by Crippen LogP contribution is 2.26. The second kappa shape index (κ2) is 24.0. The minimum Gasteiger partial charge on any atom is -0.463 e. The third-order valence-corrected chi connectivity index (χ3v) is 11.8. The Morgan fingerprint density at radius 2 is 1.04 bits per heavy atom. The van der Waals surface area contributed by atoms with E-state index in [1.165, 1.54) is 42.8 Å². The first kappa shape index (κ1) is 43.9. The van der Waals surface area contributed by atoms with Gasteiger partial charge in [-0.1, -0.05) is 58.1 Å². The molecule has 0 atom stereocenters. The van der Waals surface area contributed by atoms with Gasteiger partial charge >= 0.3 is 17.9 Å². The molecule has 52 heavy (non-hydrogen) atoms. The third kappa shape index (κ3) is 17.3. The number of hydrogen-bond acceptors (Lipinski definition) is 12. The lowest BCUT2D eigenvalue weighted by Gasteiger charge is -2.19. The fourth-order valence-electron chi connectivity index (χ4n) is 5.23. The van der Waals surface area contributed by atoms with Crippen molar-refractivity contribution in [2.75, 3.05) is 24.7 Å². The summed E-state index contributed by atoms with van der Waals surface area (Å²) in [6.07, 6.45) is 12.7. The Labute approximate surface area is 307 Å². The fourth-order valence-corrected chi connectivity index (χ4v) is 7.97. The first-order valence-electron chi connectivity index (χ1n) is 17.5. The van der Waals surface area contributed by atoms with E-state index in [0.717, 1.165) is 63.5 Å². The maximum Gasteiger partial charge on any atom is 0.330 e. The number of benzene rings is 2. The molecule has 1 aliphatic carbocycles. The first-order valence-corrected chi connectivity index (χ1v) is 20.8. The molecule has 0 N–H and O–H groups in total. The van der Waals surface area contributed by atoms with Crippen LogP contribution in [0, 0.1) is 5.92 Å². The molecule has 2 aromatic rings. The highest BCUT2D eigenvalue weighted by molar-refractivity contribution is 7.91. The predicted molar refractivity (Wildman–Crippen MR) is 195 cm³/mol. The van der Waals surface area contributed by atoms with Crippen molar-refractivity contribution in [2.24, 2.45) is 5.92 Å². The predicted octanol–water partition coefficient (Wildman–Crippen LogP) is 6.52. The zero-order valence-electron chi connectivity index (χ0n) is 29.6. The SMILES string of the molecule is C=CC(=O)OCCCCCCS(=O)(=O)c1ccc(OC(=O)C2CCCCC2)cc1.C=CC(=O)OCCCCCCS(=O)(=O)c1ccc(OC=O)cc1.